The van der Waals surface area contributed by atoms with Gasteiger partial charge in [-0.3, -0.25) is 4.79 Å². The molecular formula is C22H36O2. The van der Waals surface area contributed by atoms with Gasteiger partial charge in [-0.25, -0.2) is 0 Å². The maximum Gasteiger partial charge on any atom is 0.133 e. The summed E-state index contributed by atoms with van der Waals surface area (Å²) in [5.41, 5.74) is 0.885. The van der Waals surface area contributed by atoms with Gasteiger partial charge < -0.3 is 5.11 Å². The molecule has 0 aromatic carbocycles. The van der Waals surface area contributed by atoms with Crippen molar-refractivity contribution in [1.29, 1.82) is 0 Å². The first-order valence-electron chi connectivity index (χ1n) is 10.5. The van der Waals surface area contributed by atoms with Gasteiger partial charge in [0.25, 0.3) is 0 Å². The van der Waals surface area contributed by atoms with Crippen LogP contribution in [0.1, 0.15) is 78.6 Å². The highest BCUT2D eigenvalue weighted by Crippen LogP contribution is 2.67. The van der Waals surface area contributed by atoms with E-state index in [4.69, 9.17) is 0 Å². The Morgan fingerprint density at radius 2 is 1.79 bits per heavy atom. The fraction of sp³-hybridized carbons (Fsp3) is 0.955. The maximum absolute atomic E-state index is 12.0. The van der Waals surface area contributed by atoms with E-state index in [-0.39, 0.29) is 0 Å². The molecule has 4 aliphatic carbocycles. The van der Waals surface area contributed by atoms with Crippen molar-refractivity contribution >= 4 is 5.78 Å². The molecule has 2 nitrogen and oxygen atoms in total. The molecule has 8 atom stereocenters. The Morgan fingerprint density at radius 3 is 2.54 bits per heavy atom. The first kappa shape index (κ1) is 17.1. The Kier molecular flexibility index (Phi) is 4.14. The molecule has 0 heterocycles. The second kappa shape index (κ2) is 5.83. The van der Waals surface area contributed by atoms with Crippen LogP contribution in [0.2, 0.25) is 0 Å². The number of ketones is 1. The van der Waals surface area contributed by atoms with E-state index in [1.165, 1.54) is 38.5 Å². The molecule has 0 spiro atoms. The molecule has 24 heavy (non-hydrogen) atoms. The van der Waals surface area contributed by atoms with Crippen molar-refractivity contribution in [2.75, 3.05) is 6.61 Å². The third kappa shape index (κ3) is 2.27. The summed E-state index contributed by atoms with van der Waals surface area (Å²) in [7, 11) is 0. The summed E-state index contributed by atoms with van der Waals surface area (Å²) in [5, 5.41) is 9.72. The van der Waals surface area contributed by atoms with E-state index in [1.54, 1.807) is 0 Å². The zero-order chi connectivity index (χ0) is 17.1. The van der Waals surface area contributed by atoms with Crippen molar-refractivity contribution < 1.29 is 9.90 Å². The summed E-state index contributed by atoms with van der Waals surface area (Å²) in [5.74, 6) is 4.96. The average Bonchev–Trinajstić information content (AvgIpc) is 2.92. The van der Waals surface area contributed by atoms with Gasteiger partial charge in [-0.1, -0.05) is 20.8 Å². The summed E-state index contributed by atoms with van der Waals surface area (Å²) in [6.45, 7) is 7.70. The molecule has 4 aliphatic rings. The number of rotatable bonds is 2. The van der Waals surface area contributed by atoms with Crippen molar-refractivity contribution in [3.63, 3.8) is 0 Å². The van der Waals surface area contributed by atoms with E-state index in [0.29, 0.717) is 41.0 Å². The molecule has 1 N–H and O–H groups in total. The zero-order valence-electron chi connectivity index (χ0n) is 15.9. The summed E-state index contributed by atoms with van der Waals surface area (Å²) in [4.78, 5) is 12.0. The van der Waals surface area contributed by atoms with Crippen LogP contribution in [0.25, 0.3) is 0 Å². The first-order chi connectivity index (χ1) is 11.4. The summed E-state index contributed by atoms with van der Waals surface area (Å²) < 4.78 is 0. The fourth-order valence-electron chi connectivity index (χ4n) is 8.15. The fourth-order valence-corrected chi connectivity index (χ4v) is 8.15. The van der Waals surface area contributed by atoms with Gasteiger partial charge in [-0.05, 0) is 91.3 Å². The molecule has 0 radical (unpaired) electrons. The number of hydrogen-bond donors (Lipinski definition) is 1. The predicted molar refractivity (Wildman–Crippen MR) is 96.5 cm³/mol. The lowest BCUT2D eigenvalue weighted by Gasteiger charge is -2.60. The number of carbonyl (C=O) groups is 1. The zero-order valence-corrected chi connectivity index (χ0v) is 15.9. The molecule has 4 saturated carbocycles. The third-order valence-electron chi connectivity index (χ3n) is 9.53. The molecule has 3 unspecified atom stereocenters. The molecule has 136 valence electrons. The smallest absolute Gasteiger partial charge is 0.133 e. The summed E-state index contributed by atoms with van der Waals surface area (Å²) in [6, 6.07) is 0. The lowest BCUT2D eigenvalue weighted by molar-refractivity contribution is -0.140. The van der Waals surface area contributed by atoms with Gasteiger partial charge in [0.1, 0.15) is 5.78 Å². The van der Waals surface area contributed by atoms with E-state index in [0.717, 1.165) is 37.0 Å². The first-order valence-corrected chi connectivity index (χ1v) is 10.5. The van der Waals surface area contributed by atoms with Gasteiger partial charge in [0.05, 0.1) is 0 Å². The Hall–Kier alpha value is -0.370. The number of carbonyl (C=O) groups excluding carboxylic acids is 1. The Bertz CT molecular complexity index is 514. The van der Waals surface area contributed by atoms with Gasteiger partial charge in [0.2, 0.25) is 0 Å². The van der Waals surface area contributed by atoms with E-state index in [1.807, 2.05) is 0 Å². The van der Waals surface area contributed by atoms with Gasteiger partial charge in [-0.15, -0.1) is 0 Å². The van der Waals surface area contributed by atoms with Gasteiger partial charge in [0.15, 0.2) is 0 Å². The van der Waals surface area contributed by atoms with Crippen LogP contribution in [-0.4, -0.2) is 17.5 Å². The molecule has 0 amide bonds. The van der Waals surface area contributed by atoms with Crippen LogP contribution in [0.15, 0.2) is 0 Å². The molecule has 0 bridgehead atoms. The molecule has 0 saturated heterocycles. The molecule has 2 heteroatoms. The van der Waals surface area contributed by atoms with Crippen molar-refractivity contribution in [1.82, 2.24) is 0 Å². The van der Waals surface area contributed by atoms with Gasteiger partial charge in [-0.2, -0.15) is 0 Å². The molecule has 0 aromatic heterocycles. The minimum atomic E-state index is 0.350. The predicted octanol–water partition coefficient (Wildman–Crippen LogP) is 4.84. The highest BCUT2D eigenvalue weighted by atomic mass is 16.3. The lowest BCUT2D eigenvalue weighted by atomic mass is 9.44. The van der Waals surface area contributed by atoms with Crippen LogP contribution >= 0.6 is 0 Å². The van der Waals surface area contributed by atoms with E-state index >= 15 is 0 Å². The monoisotopic (exact) mass is 332 g/mol. The second-order valence-electron chi connectivity index (χ2n) is 10.3. The molecule has 0 aromatic rings. The number of fused-ring (bicyclic) bond motifs is 5. The van der Waals surface area contributed by atoms with Crippen LogP contribution in [0.4, 0.5) is 0 Å². The summed E-state index contributed by atoms with van der Waals surface area (Å²) in [6.07, 6.45) is 10.9. The molecular weight excluding hydrogens is 296 g/mol. The quantitative estimate of drug-likeness (QED) is 0.785. The van der Waals surface area contributed by atoms with E-state index in [2.05, 4.69) is 20.8 Å². The maximum atomic E-state index is 12.0. The van der Waals surface area contributed by atoms with E-state index in [9.17, 15) is 9.90 Å². The van der Waals surface area contributed by atoms with Crippen molar-refractivity contribution in [3.05, 3.63) is 0 Å². The average molecular weight is 333 g/mol. The second-order valence-corrected chi connectivity index (χ2v) is 10.3. The van der Waals surface area contributed by atoms with Crippen LogP contribution in [0.3, 0.4) is 0 Å². The highest BCUT2D eigenvalue weighted by Gasteiger charge is 2.60. The minimum Gasteiger partial charge on any atom is -0.396 e. The van der Waals surface area contributed by atoms with Crippen molar-refractivity contribution in [2.45, 2.75) is 78.6 Å². The van der Waals surface area contributed by atoms with E-state index < -0.39 is 0 Å². The molecule has 4 rings (SSSR count). The SMILES string of the molecule is C[C@H](CO)C1CCC2[C@@H]3CC[C@@H]4CC(=O)CC[C@]4(C)C3CC[C@@]21C. The highest BCUT2D eigenvalue weighted by molar-refractivity contribution is 5.79. The standard InChI is InChI=1S/C22H36O2/c1-14(13-23)18-6-7-19-17-5-4-15-12-16(24)8-10-21(15,2)20(17)9-11-22(18,19)3/h14-15,17-20,23H,4-13H2,1-3H3/t14-,15-,17+,18?,19?,20?,21+,22-/m1/s1. The number of Topliss-reactive ketones (excluding diaryl/α,β-unsaturated/α-hetero) is 1. The van der Waals surface area contributed by atoms with Crippen LogP contribution in [0.5, 0.6) is 0 Å². The summed E-state index contributed by atoms with van der Waals surface area (Å²) >= 11 is 0. The number of aliphatic hydroxyl groups excluding tert-OH is 1. The number of hydrogen-bond acceptors (Lipinski definition) is 2. The minimum absolute atomic E-state index is 0.350. The molecule has 0 aliphatic heterocycles. The normalized spacial score (nSPS) is 52.3. The Morgan fingerprint density at radius 1 is 1.04 bits per heavy atom. The largest absolute Gasteiger partial charge is 0.396 e. The molecule has 4 fully saturated rings. The Labute approximate surface area is 147 Å². The Balaban J connectivity index is 1.60. The van der Waals surface area contributed by atoms with Crippen molar-refractivity contribution in [2.24, 2.45) is 46.3 Å². The van der Waals surface area contributed by atoms with Gasteiger partial charge in [0, 0.05) is 19.4 Å². The van der Waals surface area contributed by atoms with Crippen molar-refractivity contribution in [3.8, 4) is 0 Å². The van der Waals surface area contributed by atoms with Crippen LogP contribution < -0.4 is 0 Å². The number of aliphatic hydroxyl groups is 1. The van der Waals surface area contributed by atoms with Crippen LogP contribution in [-0.2, 0) is 4.79 Å². The van der Waals surface area contributed by atoms with Crippen LogP contribution in [0, 0.1) is 46.3 Å². The third-order valence-corrected chi connectivity index (χ3v) is 9.53. The van der Waals surface area contributed by atoms with Gasteiger partial charge >= 0.3 is 0 Å². The lowest BCUT2D eigenvalue weighted by Crippen LogP contribution is -2.53. The topological polar surface area (TPSA) is 37.3 Å².